The SMILES string of the molecule is Cc1cccc(NC(=O)CCN=C(N)N)n1.I. The Morgan fingerprint density at radius 3 is 2.76 bits per heavy atom. The zero-order valence-corrected chi connectivity index (χ0v) is 11.8. The number of nitrogens with one attached hydrogen (secondary N) is 1. The molecule has 0 bridgehead atoms. The van der Waals surface area contributed by atoms with Gasteiger partial charge in [0.05, 0.1) is 6.54 Å². The number of amides is 1. The first-order valence-electron chi connectivity index (χ1n) is 4.87. The predicted molar refractivity (Wildman–Crippen MR) is 78.3 cm³/mol. The van der Waals surface area contributed by atoms with Gasteiger partial charge in [-0.15, -0.1) is 24.0 Å². The van der Waals surface area contributed by atoms with Crippen LogP contribution in [0.3, 0.4) is 0 Å². The molecule has 0 unspecified atom stereocenters. The highest BCUT2D eigenvalue weighted by atomic mass is 127. The van der Waals surface area contributed by atoms with Gasteiger partial charge in [-0.1, -0.05) is 6.07 Å². The Morgan fingerprint density at radius 1 is 1.47 bits per heavy atom. The second kappa shape index (κ2) is 7.82. The van der Waals surface area contributed by atoms with Crippen LogP contribution in [0.1, 0.15) is 12.1 Å². The summed E-state index contributed by atoms with van der Waals surface area (Å²) in [7, 11) is 0. The zero-order valence-electron chi connectivity index (χ0n) is 9.51. The highest BCUT2D eigenvalue weighted by Gasteiger charge is 2.02. The summed E-state index contributed by atoms with van der Waals surface area (Å²) in [6.45, 7) is 2.13. The van der Waals surface area contributed by atoms with Crippen LogP contribution in [-0.4, -0.2) is 23.4 Å². The standard InChI is InChI=1S/C10H15N5O.HI/c1-7-3-2-4-8(14-7)15-9(16)5-6-13-10(11)12;/h2-4H,5-6H2,1H3,(H4,11,12,13)(H,14,15,16);1H. The number of rotatable bonds is 4. The molecule has 17 heavy (non-hydrogen) atoms. The molecule has 0 fully saturated rings. The third kappa shape index (κ3) is 6.72. The maximum absolute atomic E-state index is 11.4. The van der Waals surface area contributed by atoms with E-state index in [2.05, 4.69) is 15.3 Å². The summed E-state index contributed by atoms with van der Waals surface area (Å²) in [5.41, 5.74) is 11.1. The summed E-state index contributed by atoms with van der Waals surface area (Å²) in [5, 5.41) is 2.66. The van der Waals surface area contributed by atoms with Gasteiger partial charge in [0.2, 0.25) is 5.91 Å². The van der Waals surface area contributed by atoms with Crippen LogP contribution in [0.4, 0.5) is 5.82 Å². The van der Waals surface area contributed by atoms with Gasteiger partial charge in [-0.25, -0.2) is 4.98 Å². The summed E-state index contributed by atoms with van der Waals surface area (Å²) in [5.74, 6) is 0.360. The molecule has 7 heteroatoms. The van der Waals surface area contributed by atoms with Crippen LogP contribution in [0.2, 0.25) is 0 Å². The Bertz CT molecular complexity index is 403. The van der Waals surface area contributed by atoms with Gasteiger partial charge in [0.25, 0.3) is 0 Å². The molecule has 0 aliphatic rings. The van der Waals surface area contributed by atoms with E-state index in [1.54, 1.807) is 6.07 Å². The van der Waals surface area contributed by atoms with E-state index >= 15 is 0 Å². The smallest absolute Gasteiger partial charge is 0.227 e. The molecule has 94 valence electrons. The molecule has 0 saturated heterocycles. The van der Waals surface area contributed by atoms with Crippen LogP contribution in [0.25, 0.3) is 0 Å². The molecule has 1 heterocycles. The van der Waals surface area contributed by atoms with Gasteiger partial charge in [0.1, 0.15) is 5.82 Å². The van der Waals surface area contributed by atoms with Gasteiger partial charge in [-0.3, -0.25) is 9.79 Å². The molecular weight excluding hydrogens is 333 g/mol. The number of aromatic nitrogens is 1. The molecular formula is C10H16IN5O. The highest BCUT2D eigenvalue weighted by molar-refractivity contribution is 14.0. The first-order chi connectivity index (χ1) is 7.58. The van der Waals surface area contributed by atoms with E-state index in [0.29, 0.717) is 5.82 Å². The van der Waals surface area contributed by atoms with Crippen LogP contribution in [0, 0.1) is 6.92 Å². The molecule has 1 aromatic rings. The number of pyridine rings is 1. The number of aryl methyl sites for hydroxylation is 1. The lowest BCUT2D eigenvalue weighted by Gasteiger charge is -2.03. The Morgan fingerprint density at radius 2 is 2.18 bits per heavy atom. The number of hydrogen-bond donors (Lipinski definition) is 3. The van der Waals surface area contributed by atoms with Gasteiger partial charge in [0.15, 0.2) is 5.96 Å². The number of anilines is 1. The molecule has 1 aromatic heterocycles. The lowest BCUT2D eigenvalue weighted by Crippen LogP contribution is -2.23. The number of carbonyl (C=O) groups is 1. The quantitative estimate of drug-likeness (QED) is 0.421. The first kappa shape index (κ1) is 15.6. The average Bonchev–Trinajstić information content (AvgIpc) is 2.16. The molecule has 0 saturated carbocycles. The number of nitrogens with two attached hydrogens (primary N) is 2. The van der Waals surface area contributed by atoms with E-state index in [-0.39, 0.29) is 48.8 Å². The van der Waals surface area contributed by atoms with Gasteiger partial charge < -0.3 is 16.8 Å². The average molecular weight is 349 g/mol. The zero-order chi connectivity index (χ0) is 12.0. The van der Waals surface area contributed by atoms with Crippen molar-refractivity contribution < 1.29 is 4.79 Å². The molecule has 1 amide bonds. The number of carbonyl (C=O) groups excluding carboxylic acids is 1. The molecule has 0 atom stereocenters. The fraction of sp³-hybridized carbons (Fsp3) is 0.300. The monoisotopic (exact) mass is 349 g/mol. The molecule has 1 rings (SSSR count). The lowest BCUT2D eigenvalue weighted by atomic mass is 10.3. The maximum atomic E-state index is 11.4. The molecule has 0 aliphatic carbocycles. The Hall–Kier alpha value is -1.38. The number of halogens is 1. The topological polar surface area (TPSA) is 106 Å². The van der Waals surface area contributed by atoms with E-state index in [1.165, 1.54) is 0 Å². The summed E-state index contributed by atoms with van der Waals surface area (Å²) in [4.78, 5) is 19.3. The van der Waals surface area contributed by atoms with E-state index < -0.39 is 0 Å². The predicted octanol–water partition coefficient (Wildman–Crippen LogP) is 0.610. The van der Waals surface area contributed by atoms with Gasteiger partial charge in [0, 0.05) is 12.1 Å². The van der Waals surface area contributed by atoms with Crippen molar-refractivity contribution in [1.82, 2.24) is 4.98 Å². The van der Waals surface area contributed by atoms with Crippen molar-refractivity contribution in [2.24, 2.45) is 16.5 Å². The Balaban J connectivity index is 0.00000256. The van der Waals surface area contributed by atoms with Crippen molar-refractivity contribution in [3.05, 3.63) is 23.9 Å². The van der Waals surface area contributed by atoms with Crippen molar-refractivity contribution in [2.75, 3.05) is 11.9 Å². The Labute approximate surface area is 117 Å². The van der Waals surface area contributed by atoms with Gasteiger partial charge in [-0.05, 0) is 19.1 Å². The summed E-state index contributed by atoms with van der Waals surface area (Å²) >= 11 is 0. The molecule has 6 nitrogen and oxygen atoms in total. The molecule has 5 N–H and O–H groups in total. The minimum Gasteiger partial charge on any atom is -0.370 e. The fourth-order valence-corrected chi connectivity index (χ4v) is 1.10. The Kier molecular flexibility index (Phi) is 7.19. The summed E-state index contributed by atoms with van der Waals surface area (Å²) < 4.78 is 0. The van der Waals surface area contributed by atoms with Crippen molar-refractivity contribution >= 4 is 41.7 Å². The molecule has 0 aliphatic heterocycles. The minimum atomic E-state index is -0.164. The molecule has 0 aromatic carbocycles. The second-order valence-corrected chi connectivity index (χ2v) is 3.27. The van der Waals surface area contributed by atoms with Crippen molar-refractivity contribution in [3.63, 3.8) is 0 Å². The largest absolute Gasteiger partial charge is 0.370 e. The van der Waals surface area contributed by atoms with Crippen LogP contribution >= 0.6 is 24.0 Å². The van der Waals surface area contributed by atoms with E-state index in [0.717, 1.165) is 5.69 Å². The van der Waals surface area contributed by atoms with Gasteiger partial charge in [-0.2, -0.15) is 0 Å². The van der Waals surface area contributed by atoms with Crippen LogP contribution in [0.15, 0.2) is 23.2 Å². The van der Waals surface area contributed by atoms with Crippen molar-refractivity contribution in [1.29, 1.82) is 0 Å². The third-order valence-electron chi connectivity index (χ3n) is 1.79. The van der Waals surface area contributed by atoms with E-state index in [1.807, 2.05) is 19.1 Å². The van der Waals surface area contributed by atoms with Crippen LogP contribution in [-0.2, 0) is 4.79 Å². The normalized spacial score (nSPS) is 9.00. The number of nitrogens with zero attached hydrogens (tertiary/aromatic N) is 2. The highest BCUT2D eigenvalue weighted by Crippen LogP contribution is 2.03. The number of guanidine groups is 1. The summed E-state index contributed by atoms with van der Waals surface area (Å²) in [6.07, 6.45) is 0.230. The van der Waals surface area contributed by atoms with Crippen molar-refractivity contribution in [3.8, 4) is 0 Å². The number of aliphatic imine (C=N–C) groups is 1. The maximum Gasteiger partial charge on any atom is 0.227 e. The molecule has 0 spiro atoms. The van der Waals surface area contributed by atoms with Crippen molar-refractivity contribution in [2.45, 2.75) is 13.3 Å². The first-order valence-corrected chi connectivity index (χ1v) is 4.87. The number of hydrogen-bond acceptors (Lipinski definition) is 3. The lowest BCUT2D eigenvalue weighted by molar-refractivity contribution is -0.116. The summed E-state index contributed by atoms with van der Waals surface area (Å²) in [6, 6.07) is 5.41. The fourth-order valence-electron chi connectivity index (χ4n) is 1.10. The molecule has 0 radical (unpaired) electrons. The second-order valence-electron chi connectivity index (χ2n) is 3.27. The van der Waals surface area contributed by atoms with E-state index in [9.17, 15) is 4.79 Å². The van der Waals surface area contributed by atoms with Gasteiger partial charge >= 0.3 is 0 Å². The minimum absolute atomic E-state index is 0. The van der Waals surface area contributed by atoms with Crippen LogP contribution < -0.4 is 16.8 Å². The van der Waals surface area contributed by atoms with Crippen LogP contribution in [0.5, 0.6) is 0 Å². The third-order valence-corrected chi connectivity index (χ3v) is 1.79. The van der Waals surface area contributed by atoms with E-state index in [4.69, 9.17) is 11.5 Å².